The number of hydrogen-bond acceptors (Lipinski definition) is 10. The molecule has 1 saturated carbocycles. The Balaban J connectivity index is 1.34. The number of aromatic hydroxyl groups is 1. The third-order valence-electron chi connectivity index (χ3n) is 7.66. The lowest BCUT2D eigenvalue weighted by Crippen LogP contribution is -2.25. The monoisotopic (exact) mass is 611 g/mol. The van der Waals surface area contributed by atoms with Crippen LogP contribution in [0.15, 0.2) is 47.5 Å². The molecule has 0 aliphatic heterocycles. The topological polar surface area (TPSA) is 164 Å². The largest absolute Gasteiger partial charge is 0.506 e. The number of ether oxygens (including phenoxy) is 1. The lowest BCUT2D eigenvalue weighted by molar-refractivity contribution is -0.118. The number of carbonyl (C=O) groups is 1. The van der Waals surface area contributed by atoms with Crippen LogP contribution in [0.5, 0.6) is 11.6 Å². The molecule has 11 nitrogen and oxygen atoms in total. The van der Waals surface area contributed by atoms with Gasteiger partial charge in [0.25, 0.3) is 0 Å². The Kier molecular flexibility index (Phi) is 9.02. The summed E-state index contributed by atoms with van der Waals surface area (Å²) >= 11 is 1.27. The second kappa shape index (κ2) is 12.7. The molecule has 1 unspecified atom stereocenters. The fourth-order valence-corrected chi connectivity index (χ4v) is 7.11. The number of methoxy groups -OCH3 is 1. The van der Waals surface area contributed by atoms with E-state index in [0.717, 1.165) is 25.7 Å². The lowest BCUT2D eigenvalue weighted by Gasteiger charge is -2.20. The smallest absolute Gasteiger partial charge is 0.240 e. The summed E-state index contributed by atoms with van der Waals surface area (Å²) in [4.78, 5) is 27.1. The van der Waals surface area contributed by atoms with Gasteiger partial charge < -0.3 is 20.3 Å². The number of rotatable bonds is 11. The number of nitrogens with one attached hydrogen (secondary N) is 2. The van der Waals surface area contributed by atoms with Crippen molar-refractivity contribution < 1.29 is 28.2 Å². The van der Waals surface area contributed by atoms with E-state index in [-0.39, 0.29) is 28.7 Å². The summed E-state index contributed by atoms with van der Waals surface area (Å²) in [5, 5.41) is 23.3. The first-order chi connectivity index (χ1) is 20.2. The standard InChI is InChI=1S/C29H33N5O6S2/c1-17-26(36)23(20(16-35)14-30-17)15-31-42(38,39)21-9-7-19(8-10-21)22(13-18-5-3-4-6-18)27(37)34-29-32-24-11-12-25(40-2)33-28(24)41-29/h7-12,14,18,22,31,35-36H,3-6,13,15-16H2,1-2H3,(H,32,34,37). The van der Waals surface area contributed by atoms with Crippen LogP contribution in [0.4, 0.5) is 5.13 Å². The van der Waals surface area contributed by atoms with Crippen LogP contribution >= 0.6 is 11.3 Å². The molecule has 1 amide bonds. The minimum atomic E-state index is -3.96. The van der Waals surface area contributed by atoms with Gasteiger partial charge in [0.15, 0.2) is 5.13 Å². The number of aliphatic hydroxyl groups is 1. The van der Waals surface area contributed by atoms with E-state index < -0.39 is 22.5 Å². The molecule has 1 aliphatic carbocycles. The van der Waals surface area contributed by atoms with E-state index in [1.807, 2.05) is 0 Å². The van der Waals surface area contributed by atoms with Crippen molar-refractivity contribution in [2.45, 2.75) is 63.0 Å². The van der Waals surface area contributed by atoms with E-state index in [4.69, 9.17) is 4.74 Å². The van der Waals surface area contributed by atoms with Gasteiger partial charge in [0.1, 0.15) is 16.1 Å². The van der Waals surface area contributed by atoms with Crippen molar-refractivity contribution in [1.29, 1.82) is 0 Å². The molecule has 0 radical (unpaired) electrons. The van der Waals surface area contributed by atoms with Crippen molar-refractivity contribution >= 4 is 42.7 Å². The van der Waals surface area contributed by atoms with Crippen molar-refractivity contribution in [1.82, 2.24) is 19.7 Å². The second-order valence-electron chi connectivity index (χ2n) is 10.4. The van der Waals surface area contributed by atoms with Gasteiger partial charge in [0, 0.05) is 29.9 Å². The maximum atomic E-state index is 13.6. The van der Waals surface area contributed by atoms with Gasteiger partial charge in [-0.15, -0.1) is 0 Å². The Morgan fingerprint density at radius 1 is 1.14 bits per heavy atom. The Morgan fingerprint density at radius 2 is 1.88 bits per heavy atom. The van der Waals surface area contributed by atoms with Gasteiger partial charge in [-0.2, -0.15) is 0 Å². The highest BCUT2D eigenvalue weighted by Gasteiger charge is 2.28. The van der Waals surface area contributed by atoms with E-state index in [0.29, 0.717) is 50.5 Å². The van der Waals surface area contributed by atoms with Crippen LogP contribution in [-0.4, -0.2) is 46.6 Å². The van der Waals surface area contributed by atoms with Crippen molar-refractivity contribution in [2.75, 3.05) is 12.4 Å². The number of sulfonamides is 1. The number of thiazole rings is 1. The number of aliphatic hydroxyl groups excluding tert-OH is 1. The zero-order chi connectivity index (χ0) is 29.9. The van der Waals surface area contributed by atoms with E-state index in [1.165, 1.54) is 36.8 Å². The molecule has 0 saturated heterocycles. The van der Waals surface area contributed by atoms with Gasteiger partial charge in [-0.25, -0.2) is 23.1 Å². The number of pyridine rings is 2. The molecule has 0 spiro atoms. The van der Waals surface area contributed by atoms with Crippen molar-refractivity contribution in [3.8, 4) is 11.6 Å². The van der Waals surface area contributed by atoms with E-state index >= 15 is 0 Å². The number of aryl methyl sites for hydroxylation is 1. The molecular formula is C29H33N5O6S2. The normalized spacial score (nSPS) is 14.7. The number of hydrogen-bond donors (Lipinski definition) is 4. The molecule has 5 rings (SSSR count). The van der Waals surface area contributed by atoms with Gasteiger partial charge >= 0.3 is 0 Å². The maximum Gasteiger partial charge on any atom is 0.240 e. The van der Waals surface area contributed by atoms with Crippen LogP contribution in [0, 0.1) is 12.8 Å². The van der Waals surface area contributed by atoms with E-state index in [9.17, 15) is 23.4 Å². The molecule has 3 heterocycles. The average Bonchev–Trinajstić information content (AvgIpc) is 3.65. The fourth-order valence-electron chi connectivity index (χ4n) is 5.28. The van der Waals surface area contributed by atoms with Crippen LogP contribution in [0.2, 0.25) is 0 Å². The molecule has 0 bridgehead atoms. The van der Waals surface area contributed by atoms with Crippen molar-refractivity contribution in [3.63, 3.8) is 0 Å². The predicted octanol–water partition coefficient (Wildman–Crippen LogP) is 4.38. The quantitative estimate of drug-likeness (QED) is 0.193. The van der Waals surface area contributed by atoms with E-state index in [1.54, 1.807) is 31.2 Å². The zero-order valence-electron chi connectivity index (χ0n) is 23.3. The number of aromatic nitrogens is 3. The molecule has 1 aliphatic rings. The number of nitrogens with zero attached hydrogens (tertiary/aromatic N) is 3. The molecule has 4 N–H and O–H groups in total. The number of benzene rings is 1. The van der Waals surface area contributed by atoms with Crippen LogP contribution in [-0.2, 0) is 28.0 Å². The summed E-state index contributed by atoms with van der Waals surface area (Å²) < 4.78 is 33.9. The highest BCUT2D eigenvalue weighted by molar-refractivity contribution is 7.89. The molecule has 42 heavy (non-hydrogen) atoms. The third-order valence-corrected chi connectivity index (χ3v) is 9.96. The highest BCUT2D eigenvalue weighted by Crippen LogP contribution is 2.36. The summed E-state index contributed by atoms with van der Waals surface area (Å²) in [5.74, 6) is 0.0137. The number of carbonyl (C=O) groups excluding carboxylic acids is 1. The first kappa shape index (κ1) is 29.8. The molecule has 3 aromatic heterocycles. The molecule has 222 valence electrons. The molecule has 1 atom stereocenters. The Hall–Kier alpha value is -3.65. The first-order valence-corrected chi connectivity index (χ1v) is 16.0. The maximum absolute atomic E-state index is 13.6. The van der Waals surface area contributed by atoms with Gasteiger partial charge in [0.2, 0.25) is 21.8 Å². The molecule has 1 aromatic carbocycles. The highest BCUT2D eigenvalue weighted by atomic mass is 32.2. The van der Waals surface area contributed by atoms with E-state index in [2.05, 4.69) is 25.0 Å². The second-order valence-corrected chi connectivity index (χ2v) is 13.1. The summed E-state index contributed by atoms with van der Waals surface area (Å²) in [6, 6.07) is 9.80. The molecule has 4 aromatic rings. The minimum absolute atomic E-state index is 0.0216. The lowest BCUT2D eigenvalue weighted by atomic mass is 9.87. The van der Waals surface area contributed by atoms with Crippen LogP contribution < -0.4 is 14.8 Å². The van der Waals surface area contributed by atoms with Gasteiger partial charge in [0.05, 0.1) is 30.2 Å². The Labute approximate surface area is 248 Å². The third kappa shape index (κ3) is 6.54. The Morgan fingerprint density at radius 3 is 2.57 bits per heavy atom. The van der Waals surface area contributed by atoms with Crippen LogP contribution in [0.3, 0.4) is 0 Å². The molecular weight excluding hydrogens is 578 g/mol. The Bertz CT molecular complexity index is 1680. The van der Waals surface area contributed by atoms with Gasteiger partial charge in [-0.05, 0) is 43.0 Å². The molecule has 13 heteroatoms. The van der Waals surface area contributed by atoms with Crippen molar-refractivity contribution in [3.05, 3.63) is 65.0 Å². The van der Waals surface area contributed by atoms with Crippen LogP contribution in [0.1, 0.15) is 60.4 Å². The summed E-state index contributed by atoms with van der Waals surface area (Å²) in [5.41, 5.74) is 2.30. The summed E-state index contributed by atoms with van der Waals surface area (Å²) in [6.07, 6.45) is 6.45. The first-order valence-electron chi connectivity index (χ1n) is 13.7. The van der Waals surface area contributed by atoms with Crippen molar-refractivity contribution in [2.24, 2.45) is 5.92 Å². The number of anilines is 1. The van der Waals surface area contributed by atoms with Crippen LogP contribution in [0.25, 0.3) is 10.3 Å². The number of fused-ring (bicyclic) bond motifs is 1. The summed E-state index contributed by atoms with van der Waals surface area (Å²) in [6.45, 7) is 0.986. The number of amides is 1. The SMILES string of the molecule is COc1ccc2nc(NC(=O)C(CC3CCCC3)c3ccc(S(=O)(=O)NCc4c(CO)cnc(C)c4O)cc3)sc2n1. The average molecular weight is 612 g/mol. The zero-order valence-corrected chi connectivity index (χ0v) is 25.0. The predicted molar refractivity (Wildman–Crippen MR) is 159 cm³/mol. The minimum Gasteiger partial charge on any atom is -0.506 e. The van der Waals surface area contributed by atoms with Gasteiger partial charge in [-0.3, -0.25) is 9.78 Å². The summed E-state index contributed by atoms with van der Waals surface area (Å²) in [7, 11) is -2.42. The molecule has 1 fully saturated rings. The fraction of sp³-hybridized carbons (Fsp3) is 0.379. The van der Waals surface area contributed by atoms with Gasteiger partial charge in [-0.1, -0.05) is 49.2 Å².